The van der Waals surface area contributed by atoms with Crippen molar-refractivity contribution in [2.45, 2.75) is 39.5 Å². The Morgan fingerprint density at radius 2 is 1.96 bits per heavy atom. The van der Waals surface area contributed by atoms with E-state index in [4.69, 9.17) is 11.6 Å². The highest BCUT2D eigenvalue weighted by Gasteiger charge is 2.07. The number of halogens is 1. The highest BCUT2D eigenvalue weighted by molar-refractivity contribution is 6.66. The maximum absolute atomic E-state index is 6.21. The lowest BCUT2D eigenvalue weighted by atomic mass is 9.98. The van der Waals surface area contributed by atoms with Gasteiger partial charge < -0.3 is 0 Å². The summed E-state index contributed by atoms with van der Waals surface area (Å²) in [7, 11) is 0. The van der Waals surface area contributed by atoms with Crippen molar-refractivity contribution in [1.82, 2.24) is 0 Å². The zero-order chi connectivity index (χ0) is 17.1. The number of allylic oxidation sites excluding steroid dienone is 1. The van der Waals surface area contributed by atoms with Gasteiger partial charge in [0.1, 0.15) is 5.17 Å². The second-order valence-electron chi connectivity index (χ2n) is 5.64. The number of rotatable bonds is 10. The van der Waals surface area contributed by atoms with Crippen LogP contribution in [0.4, 0.5) is 0 Å². The Labute approximate surface area is 145 Å². The molecule has 0 aliphatic heterocycles. The minimum Gasteiger partial charge on any atom is -0.282 e. The second-order valence-corrected chi connectivity index (χ2v) is 6.08. The molecule has 0 aromatic heterocycles. The molecule has 1 unspecified atom stereocenters. The Balaban J connectivity index is 2.63. The lowest BCUT2D eigenvalue weighted by molar-refractivity contribution is 0.598. The molecule has 0 amide bonds. The van der Waals surface area contributed by atoms with Gasteiger partial charge in [-0.2, -0.15) is 0 Å². The van der Waals surface area contributed by atoms with E-state index in [2.05, 4.69) is 37.0 Å². The lowest BCUT2D eigenvalue weighted by Crippen LogP contribution is -2.10. The molecule has 124 valence electrons. The first kappa shape index (κ1) is 19.4. The van der Waals surface area contributed by atoms with E-state index < -0.39 is 0 Å². The van der Waals surface area contributed by atoms with Crippen molar-refractivity contribution in [2.24, 2.45) is 15.9 Å². The molecule has 0 saturated carbocycles. The third kappa shape index (κ3) is 7.43. The number of nitrogens with zero attached hydrogens (tertiary/aromatic N) is 2. The zero-order valence-corrected chi connectivity index (χ0v) is 15.0. The monoisotopic (exact) mass is 330 g/mol. The van der Waals surface area contributed by atoms with Crippen LogP contribution in [0.3, 0.4) is 0 Å². The molecule has 2 nitrogen and oxygen atoms in total. The predicted molar refractivity (Wildman–Crippen MR) is 105 cm³/mol. The molecule has 0 heterocycles. The molecule has 0 spiro atoms. The van der Waals surface area contributed by atoms with Crippen molar-refractivity contribution < 1.29 is 0 Å². The van der Waals surface area contributed by atoms with Gasteiger partial charge in [0.05, 0.1) is 12.2 Å². The van der Waals surface area contributed by atoms with Gasteiger partial charge in [0.2, 0.25) is 0 Å². The molecule has 0 bridgehead atoms. The fourth-order valence-corrected chi connectivity index (χ4v) is 2.47. The van der Waals surface area contributed by atoms with Crippen LogP contribution < -0.4 is 0 Å². The number of benzene rings is 1. The van der Waals surface area contributed by atoms with Crippen molar-refractivity contribution in [3.8, 4) is 0 Å². The van der Waals surface area contributed by atoms with Crippen molar-refractivity contribution in [3.63, 3.8) is 0 Å². The molecule has 1 aromatic carbocycles. The average molecular weight is 331 g/mol. The maximum Gasteiger partial charge on any atom is 0.128 e. The van der Waals surface area contributed by atoms with Gasteiger partial charge in [0.25, 0.3) is 0 Å². The van der Waals surface area contributed by atoms with Crippen molar-refractivity contribution >= 4 is 28.2 Å². The van der Waals surface area contributed by atoms with E-state index >= 15 is 0 Å². The number of aliphatic imine (C=N–C) groups is 2. The van der Waals surface area contributed by atoms with Gasteiger partial charge in [-0.25, -0.2) is 4.99 Å². The van der Waals surface area contributed by atoms with Crippen molar-refractivity contribution in [3.05, 3.63) is 55.1 Å². The summed E-state index contributed by atoms with van der Waals surface area (Å²) < 4.78 is 0. The first-order valence-corrected chi connectivity index (χ1v) is 8.60. The molecule has 23 heavy (non-hydrogen) atoms. The number of hydrogen-bond acceptors (Lipinski definition) is 2. The Kier molecular flexibility index (Phi) is 9.23. The lowest BCUT2D eigenvalue weighted by Gasteiger charge is -2.11. The van der Waals surface area contributed by atoms with Crippen LogP contribution in [0.15, 0.2) is 59.6 Å². The van der Waals surface area contributed by atoms with Gasteiger partial charge in [-0.1, -0.05) is 88.2 Å². The average Bonchev–Trinajstić information content (AvgIpc) is 2.56. The summed E-state index contributed by atoms with van der Waals surface area (Å²) in [4.78, 5) is 8.90. The van der Waals surface area contributed by atoms with Crippen molar-refractivity contribution in [1.29, 1.82) is 0 Å². The van der Waals surface area contributed by atoms with Gasteiger partial charge in [-0.15, -0.1) is 0 Å². The molecule has 0 N–H and O–H groups in total. The topological polar surface area (TPSA) is 24.7 Å². The van der Waals surface area contributed by atoms with Crippen LogP contribution in [0.25, 0.3) is 5.70 Å². The smallest absolute Gasteiger partial charge is 0.128 e. The van der Waals surface area contributed by atoms with Gasteiger partial charge in [0, 0.05) is 5.71 Å². The van der Waals surface area contributed by atoms with Crippen LogP contribution >= 0.6 is 11.6 Å². The molecule has 0 aliphatic rings. The highest BCUT2D eigenvalue weighted by Crippen LogP contribution is 2.15. The first-order chi connectivity index (χ1) is 11.1. The van der Waals surface area contributed by atoms with E-state index in [-0.39, 0.29) is 0 Å². The molecule has 0 aliphatic carbocycles. The fourth-order valence-electron chi connectivity index (χ4n) is 2.30. The van der Waals surface area contributed by atoms with Crippen LogP contribution in [0.2, 0.25) is 0 Å². The van der Waals surface area contributed by atoms with Gasteiger partial charge in [-0.3, -0.25) is 4.99 Å². The van der Waals surface area contributed by atoms with E-state index in [0.717, 1.165) is 17.7 Å². The van der Waals surface area contributed by atoms with E-state index in [1.54, 1.807) is 0 Å². The molecular formula is C20H27ClN2. The zero-order valence-electron chi connectivity index (χ0n) is 14.3. The van der Waals surface area contributed by atoms with Crippen LogP contribution in [-0.2, 0) is 0 Å². The maximum atomic E-state index is 6.21. The largest absolute Gasteiger partial charge is 0.282 e. The summed E-state index contributed by atoms with van der Waals surface area (Å²) in [6.45, 7) is 12.6. The summed E-state index contributed by atoms with van der Waals surface area (Å²) in [5.41, 5.74) is 2.62. The Morgan fingerprint density at radius 3 is 2.57 bits per heavy atom. The summed E-state index contributed by atoms with van der Waals surface area (Å²) in [6, 6.07) is 9.79. The molecular weight excluding hydrogens is 304 g/mol. The summed E-state index contributed by atoms with van der Waals surface area (Å²) in [6.07, 6.45) is 6.66. The molecule has 1 aromatic rings. The van der Waals surface area contributed by atoms with Gasteiger partial charge >= 0.3 is 0 Å². The number of unbranched alkanes of at least 4 members (excludes halogenated alkanes) is 2. The quantitative estimate of drug-likeness (QED) is 0.363. The standard InChI is InChI=1S/C20H27ClN2/c1-5-7-9-12-16(3)19(6-2)22-15-20(21)23-17(4)18-13-10-8-11-14-18/h6,8,10-11,13-14,16H,2,4-5,7,9,12,15H2,1,3H3/b22-19+,23-20+. The highest BCUT2D eigenvalue weighted by atomic mass is 35.5. The van der Waals surface area contributed by atoms with Crippen LogP contribution in [0.1, 0.15) is 45.1 Å². The van der Waals surface area contributed by atoms with Gasteiger partial charge in [-0.05, 0) is 24.0 Å². The fraction of sp³-hybridized carbons (Fsp3) is 0.400. The normalized spacial score (nSPS) is 13.7. The van der Waals surface area contributed by atoms with Crippen LogP contribution in [-0.4, -0.2) is 17.4 Å². The molecule has 3 heteroatoms. The molecule has 1 atom stereocenters. The van der Waals surface area contributed by atoms with Crippen LogP contribution in [0.5, 0.6) is 0 Å². The third-order valence-corrected chi connectivity index (χ3v) is 3.91. The summed E-state index contributed by atoms with van der Waals surface area (Å²) in [5, 5.41) is 0.443. The van der Waals surface area contributed by atoms with E-state index in [1.807, 2.05) is 36.4 Å². The third-order valence-electron chi connectivity index (χ3n) is 3.71. The minimum absolute atomic E-state index is 0.368. The predicted octanol–water partition coefficient (Wildman–Crippen LogP) is 6.14. The molecule has 0 fully saturated rings. The molecule has 1 rings (SSSR count). The Bertz CT molecular complexity index is 558. The van der Waals surface area contributed by atoms with E-state index in [9.17, 15) is 0 Å². The SMILES string of the molecule is C=C/C(=N\C/C(Cl)=N\C(=C)c1ccccc1)C(C)CCCCC. The van der Waals surface area contributed by atoms with Gasteiger partial charge in [0.15, 0.2) is 0 Å². The molecule has 0 radical (unpaired) electrons. The second kappa shape index (κ2) is 11.0. The molecule has 0 saturated heterocycles. The van der Waals surface area contributed by atoms with Crippen molar-refractivity contribution in [2.75, 3.05) is 6.54 Å². The van der Waals surface area contributed by atoms with Crippen LogP contribution in [0, 0.1) is 5.92 Å². The Hall–Kier alpha value is -1.67. The summed E-state index contributed by atoms with van der Waals surface area (Å²) in [5.74, 6) is 0.404. The Morgan fingerprint density at radius 1 is 1.26 bits per heavy atom. The van der Waals surface area contributed by atoms with E-state index in [0.29, 0.717) is 23.3 Å². The van der Waals surface area contributed by atoms with E-state index in [1.165, 1.54) is 19.3 Å². The number of hydrogen-bond donors (Lipinski definition) is 0. The first-order valence-electron chi connectivity index (χ1n) is 8.22. The summed E-state index contributed by atoms with van der Waals surface area (Å²) >= 11 is 6.21. The minimum atomic E-state index is 0.368.